The fraction of sp³-hybridized carbons (Fsp3) is 0.500. The summed E-state index contributed by atoms with van der Waals surface area (Å²) < 4.78 is 9.60. The third-order valence-electron chi connectivity index (χ3n) is 2.47. The molecule has 0 saturated carbocycles. The first-order valence-corrected chi connectivity index (χ1v) is 5.81. The van der Waals surface area contributed by atoms with E-state index in [1.165, 1.54) is 19.2 Å². The van der Waals surface area contributed by atoms with Gasteiger partial charge in [-0.25, -0.2) is 4.98 Å². The summed E-state index contributed by atoms with van der Waals surface area (Å²) in [5.41, 5.74) is 5.94. The zero-order valence-electron chi connectivity index (χ0n) is 10.9. The van der Waals surface area contributed by atoms with Gasteiger partial charge < -0.3 is 25.4 Å². The van der Waals surface area contributed by atoms with Crippen LogP contribution in [-0.2, 0) is 9.53 Å². The lowest BCUT2D eigenvalue weighted by Gasteiger charge is -2.18. The minimum atomic E-state index is -1.39. The van der Waals surface area contributed by atoms with Crippen molar-refractivity contribution in [3.63, 3.8) is 0 Å². The maximum atomic E-state index is 11.2. The van der Waals surface area contributed by atoms with E-state index in [1.807, 2.05) is 0 Å². The molecule has 7 heteroatoms. The molecule has 0 spiro atoms. The second-order valence-electron chi connectivity index (χ2n) is 3.85. The fourth-order valence-electron chi connectivity index (χ4n) is 1.50. The number of ether oxygens (including phenoxy) is 2. The summed E-state index contributed by atoms with van der Waals surface area (Å²) in [6, 6.07) is 3.03. The summed E-state index contributed by atoms with van der Waals surface area (Å²) in [6.07, 6.45) is -3.08. The number of aromatic nitrogens is 1. The van der Waals surface area contributed by atoms with Gasteiger partial charge in [0.05, 0.1) is 37.6 Å². The number of hydrogen-bond donors (Lipinski definition) is 3. The lowest BCUT2D eigenvalue weighted by Crippen LogP contribution is -2.24. The number of nitrogens with zero attached hydrogens (tertiary/aromatic N) is 1. The number of methoxy groups -OCH3 is 1. The lowest BCUT2D eigenvalue weighted by atomic mass is 10.1. The summed E-state index contributed by atoms with van der Waals surface area (Å²) >= 11 is 0. The number of carbonyl (C=O) groups is 1. The van der Waals surface area contributed by atoms with Crippen LogP contribution in [0, 0.1) is 0 Å². The predicted molar refractivity (Wildman–Crippen MR) is 67.4 cm³/mol. The second kappa shape index (κ2) is 6.91. The summed E-state index contributed by atoms with van der Waals surface area (Å²) in [5.74, 6) is -0.345. The number of aliphatic hydroxyl groups excluding tert-OH is 2. The number of hydrogen-bond acceptors (Lipinski definition) is 7. The summed E-state index contributed by atoms with van der Waals surface area (Å²) in [7, 11) is 1.42. The van der Waals surface area contributed by atoms with Crippen molar-refractivity contribution in [1.82, 2.24) is 4.98 Å². The van der Waals surface area contributed by atoms with Gasteiger partial charge in [0.15, 0.2) is 0 Å². The van der Waals surface area contributed by atoms with E-state index in [0.29, 0.717) is 0 Å². The molecular formula is C12H18N2O5. The topological polar surface area (TPSA) is 115 Å². The van der Waals surface area contributed by atoms with E-state index in [4.69, 9.17) is 10.5 Å². The maximum Gasteiger partial charge on any atom is 0.308 e. The van der Waals surface area contributed by atoms with E-state index in [1.54, 1.807) is 6.92 Å². The van der Waals surface area contributed by atoms with Crippen LogP contribution in [0.2, 0.25) is 0 Å². The Bertz CT molecular complexity index is 438. The molecular weight excluding hydrogens is 252 g/mol. The average Bonchev–Trinajstić information content (AvgIpc) is 2.38. The van der Waals surface area contributed by atoms with Crippen LogP contribution in [-0.4, -0.2) is 41.0 Å². The summed E-state index contributed by atoms with van der Waals surface area (Å²) in [4.78, 5) is 15.2. The summed E-state index contributed by atoms with van der Waals surface area (Å²) in [5, 5.41) is 19.7. The minimum Gasteiger partial charge on any atom is -0.481 e. The number of esters is 1. The molecule has 1 heterocycles. The van der Waals surface area contributed by atoms with E-state index >= 15 is 0 Å². The Hall–Kier alpha value is -1.86. The first kappa shape index (κ1) is 15.2. The predicted octanol–water partition coefficient (Wildman–Crippen LogP) is 0.0199. The highest BCUT2D eigenvalue weighted by molar-refractivity contribution is 5.70. The average molecular weight is 270 g/mol. The van der Waals surface area contributed by atoms with E-state index < -0.39 is 18.2 Å². The third kappa shape index (κ3) is 4.08. The minimum absolute atomic E-state index is 0.0659. The lowest BCUT2D eigenvalue weighted by molar-refractivity contribution is -0.147. The van der Waals surface area contributed by atoms with Crippen molar-refractivity contribution in [1.29, 1.82) is 0 Å². The Labute approximate surface area is 111 Å². The first-order valence-electron chi connectivity index (χ1n) is 5.81. The van der Waals surface area contributed by atoms with Crippen molar-refractivity contribution >= 4 is 11.7 Å². The molecule has 0 aliphatic heterocycles. The van der Waals surface area contributed by atoms with Gasteiger partial charge in [-0.1, -0.05) is 0 Å². The van der Waals surface area contributed by atoms with Crippen LogP contribution >= 0.6 is 0 Å². The summed E-state index contributed by atoms with van der Waals surface area (Å²) in [6.45, 7) is 1.86. The molecule has 19 heavy (non-hydrogen) atoms. The van der Waals surface area contributed by atoms with Gasteiger partial charge in [0.1, 0.15) is 6.10 Å². The standard InChI is InChI=1S/C12H18N2O5/c1-3-19-10(16)6-8(15)12(17)11-7(13)4-5-9(14-11)18-2/h4-5,8,12,15,17H,3,6,13H2,1-2H3. The first-order chi connectivity index (χ1) is 8.99. The monoisotopic (exact) mass is 270 g/mol. The molecule has 7 nitrogen and oxygen atoms in total. The Morgan fingerprint density at radius 3 is 2.74 bits per heavy atom. The molecule has 1 aromatic rings. The van der Waals surface area contributed by atoms with Crippen LogP contribution < -0.4 is 10.5 Å². The van der Waals surface area contributed by atoms with Gasteiger partial charge in [0, 0.05) is 6.07 Å². The van der Waals surface area contributed by atoms with Crippen LogP contribution in [0.25, 0.3) is 0 Å². The molecule has 0 radical (unpaired) electrons. The second-order valence-corrected chi connectivity index (χ2v) is 3.85. The zero-order chi connectivity index (χ0) is 14.4. The largest absolute Gasteiger partial charge is 0.481 e. The van der Waals surface area contributed by atoms with Crippen molar-refractivity contribution < 1.29 is 24.5 Å². The number of anilines is 1. The van der Waals surface area contributed by atoms with Gasteiger partial charge >= 0.3 is 5.97 Å². The highest BCUT2D eigenvalue weighted by atomic mass is 16.5. The van der Waals surface area contributed by atoms with Gasteiger partial charge in [-0.3, -0.25) is 4.79 Å². The van der Waals surface area contributed by atoms with Crippen LogP contribution in [0.5, 0.6) is 5.88 Å². The van der Waals surface area contributed by atoms with Gasteiger partial charge in [0.25, 0.3) is 0 Å². The Kier molecular flexibility index (Phi) is 5.53. The van der Waals surface area contributed by atoms with E-state index in [0.717, 1.165) is 0 Å². The van der Waals surface area contributed by atoms with Gasteiger partial charge in [-0.15, -0.1) is 0 Å². The number of nitrogens with two attached hydrogens (primary N) is 1. The molecule has 0 aliphatic carbocycles. The zero-order valence-corrected chi connectivity index (χ0v) is 10.9. The molecule has 0 saturated heterocycles. The molecule has 2 atom stereocenters. The number of nitrogen functional groups attached to an aromatic ring is 1. The smallest absolute Gasteiger partial charge is 0.308 e. The van der Waals surface area contributed by atoms with Gasteiger partial charge in [0.2, 0.25) is 5.88 Å². The Morgan fingerprint density at radius 2 is 2.16 bits per heavy atom. The quantitative estimate of drug-likeness (QED) is 0.624. The van der Waals surface area contributed by atoms with E-state index in [-0.39, 0.29) is 30.3 Å². The van der Waals surface area contributed by atoms with Gasteiger partial charge in [-0.05, 0) is 13.0 Å². The van der Waals surface area contributed by atoms with Crippen LogP contribution in [0.3, 0.4) is 0 Å². The fourth-order valence-corrected chi connectivity index (χ4v) is 1.50. The van der Waals surface area contributed by atoms with E-state index in [9.17, 15) is 15.0 Å². The third-order valence-corrected chi connectivity index (χ3v) is 2.47. The molecule has 0 aromatic carbocycles. The highest BCUT2D eigenvalue weighted by Crippen LogP contribution is 2.25. The van der Waals surface area contributed by atoms with E-state index in [2.05, 4.69) is 9.72 Å². The molecule has 4 N–H and O–H groups in total. The Morgan fingerprint density at radius 1 is 1.47 bits per heavy atom. The van der Waals surface area contributed by atoms with Crippen LogP contribution in [0.4, 0.5) is 5.69 Å². The van der Waals surface area contributed by atoms with Crippen molar-refractivity contribution in [3.05, 3.63) is 17.8 Å². The molecule has 0 bridgehead atoms. The number of pyridine rings is 1. The van der Waals surface area contributed by atoms with Crippen molar-refractivity contribution in [3.8, 4) is 5.88 Å². The number of rotatable bonds is 6. The van der Waals surface area contributed by atoms with Crippen LogP contribution in [0.15, 0.2) is 12.1 Å². The molecule has 1 rings (SSSR count). The molecule has 2 unspecified atom stereocenters. The number of aliphatic hydroxyl groups is 2. The normalized spacial score (nSPS) is 13.7. The molecule has 0 amide bonds. The van der Waals surface area contributed by atoms with Gasteiger partial charge in [-0.2, -0.15) is 0 Å². The highest BCUT2D eigenvalue weighted by Gasteiger charge is 2.25. The molecule has 1 aromatic heterocycles. The van der Waals surface area contributed by atoms with Crippen molar-refractivity contribution in [2.75, 3.05) is 19.5 Å². The SMILES string of the molecule is CCOC(=O)CC(O)C(O)c1nc(OC)ccc1N. The van der Waals surface area contributed by atoms with Crippen molar-refractivity contribution in [2.45, 2.75) is 25.6 Å². The molecule has 106 valence electrons. The number of carbonyl (C=O) groups excluding carboxylic acids is 1. The molecule has 0 aliphatic rings. The maximum absolute atomic E-state index is 11.2. The molecule has 0 fully saturated rings. The Balaban J connectivity index is 2.81. The van der Waals surface area contributed by atoms with Crippen LogP contribution in [0.1, 0.15) is 25.1 Å². The van der Waals surface area contributed by atoms with Crippen molar-refractivity contribution in [2.24, 2.45) is 0 Å².